The Morgan fingerprint density at radius 3 is 2.52 bits per heavy atom. The van der Waals surface area contributed by atoms with Crippen molar-refractivity contribution >= 4 is 11.7 Å². The maximum absolute atomic E-state index is 12.4. The summed E-state index contributed by atoms with van der Waals surface area (Å²) in [6.07, 6.45) is 2.90. The molecule has 21 heavy (non-hydrogen) atoms. The molecule has 1 rings (SSSR count). The minimum atomic E-state index is -0.0120. The molecular weight excluding hydrogens is 262 g/mol. The lowest BCUT2D eigenvalue weighted by atomic mass is 10.0. The van der Waals surface area contributed by atoms with Crippen molar-refractivity contribution in [3.05, 3.63) is 23.4 Å². The lowest BCUT2D eigenvalue weighted by molar-refractivity contribution is 0.0936. The van der Waals surface area contributed by atoms with Crippen LogP contribution in [-0.2, 0) is 6.42 Å². The molecule has 0 aromatic carbocycles. The predicted octanol–water partition coefficient (Wildman–Crippen LogP) is 3.63. The number of aryl methyl sites for hydroxylation is 1. The van der Waals surface area contributed by atoms with Gasteiger partial charge in [-0.2, -0.15) is 0 Å². The van der Waals surface area contributed by atoms with Gasteiger partial charge in [0.1, 0.15) is 5.82 Å². The summed E-state index contributed by atoms with van der Waals surface area (Å²) < 4.78 is 0. The van der Waals surface area contributed by atoms with Gasteiger partial charge in [-0.1, -0.05) is 27.2 Å². The highest BCUT2D eigenvalue weighted by atomic mass is 16.1. The van der Waals surface area contributed by atoms with Gasteiger partial charge in [-0.25, -0.2) is 4.98 Å². The molecule has 1 amide bonds. The number of hydrogen-bond acceptors (Lipinski definition) is 3. The summed E-state index contributed by atoms with van der Waals surface area (Å²) in [6.45, 7) is 11.3. The summed E-state index contributed by atoms with van der Waals surface area (Å²) in [5.41, 5.74) is 1.66. The number of aromatic nitrogens is 1. The fourth-order valence-electron chi connectivity index (χ4n) is 2.45. The van der Waals surface area contributed by atoms with E-state index in [1.165, 1.54) is 0 Å². The van der Waals surface area contributed by atoms with E-state index in [4.69, 9.17) is 0 Å². The van der Waals surface area contributed by atoms with E-state index < -0.39 is 0 Å². The van der Waals surface area contributed by atoms with Crippen molar-refractivity contribution in [3.8, 4) is 0 Å². The molecular formula is C17H29N3O. The second-order valence-electron chi connectivity index (χ2n) is 6.02. The molecule has 0 aliphatic rings. The normalized spacial score (nSPS) is 12.3. The molecule has 0 saturated carbocycles. The van der Waals surface area contributed by atoms with Crippen molar-refractivity contribution in [2.24, 2.45) is 5.92 Å². The molecule has 2 N–H and O–H groups in total. The van der Waals surface area contributed by atoms with E-state index in [9.17, 15) is 4.79 Å². The first-order valence-corrected chi connectivity index (χ1v) is 8.01. The Morgan fingerprint density at radius 1 is 1.24 bits per heavy atom. The van der Waals surface area contributed by atoms with Crippen molar-refractivity contribution < 1.29 is 4.79 Å². The lowest BCUT2D eigenvalue weighted by Gasteiger charge is -2.16. The van der Waals surface area contributed by atoms with Crippen LogP contribution in [0.5, 0.6) is 0 Å². The fraction of sp³-hybridized carbons (Fsp3) is 0.647. The second kappa shape index (κ2) is 8.65. The summed E-state index contributed by atoms with van der Waals surface area (Å²) >= 11 is 0. The highest BCUT2D eigenvalue weighted by Gasteiger charge is 2.13. The van der Waals surface area contributed by atoms with Crippen LogP contribution in [0.4, 0.5) is 5.82 Å². The summed E-state index contributed by atoms with van der Waals surface area (Å²) in [5, 5.41) is 6.27. The van der Waals surface area contributed by atoms with Gasteiger partial charge in [-0.05, 0) is 44.7 Å². The second-order valence-corrected chi connectivity index (χ2v) is 6.02. The summed E-state index contributed by atoms with van der Waals surface area (Å²) in [4.78, 5) is 16.9. The van der Waals surface area contributed by atoms with Gasteiger partial charge in [-0.3, -0.25) is 4.79 Å². The number of nitrogens with zero attached hydrogens (tertiary/aromatic N) is 1. The van der Waals surface area contributed by atoms with Gasteiger partial charge in [-0.15, -0.1) is 0 Å². The quantitative estimate of drug-likeness (QED) is 0.769. The van der Waals surface area contributed by atoms with Crippen LogP contribution in [0.15, 0.2) is 12.1 Å². The van der Waals surface area contributed by atoms with Gasteiger partial charge in [0.15, 0.2) is 0 Å². The van der Waals surface area contributed by atoms with E-state index in [2.05, 4.69) is 43.3 Å². The third-order valence-corrected chi connectivity index (χ3v) is 3.21. The van der Waals surface area contributed by atoms with Crippen molar-refractivity contribution in [1.82, 2.24) is 10.3 Å². The minimum absolute atomic E-state index is 0.0120. The van der Waals surface area contributed by atoms with Gasteiger partial charge in [0.2, 0.25) is 0 Å². The van der Waals surface area contributed by atoms with Gasteiger partial charge < -0.3 is 10.6 Å². The number of anilines is 1. The summed E-state index contributed by atoms with van der Waals surface area (Å²) in [7, 11) is 0. The summed E-state index contributed by atoms with van der Waals surface area (Å²) in [5.74, 6) is 1.35. The zero-order valence-corrected chi connectivity index (χ0v) is 14.0. The van der Waals surface area contributed by atoms with Crippen molar-refractivity contribution in [1.29, 1.82) is 0 Å². The van der Waals surface area contributed by atoms with Crippen molar-refractivity contribution in [2.75, 3.05) is 11.9 Å². The smallest absolute Gasteiger partial charge is 0.251 e. The van der Waals surface area contributed by atoms with Crippen LogP contribution in [0, 0.1) is 5.92 Å². The third kappa shape index (κ3) is 6.15. The maximum Gasteiger partial charge on any atom is 0.251 e. The highest BCUT2D eigenvalue weighted by molar-refractivity contribution is 5.95. The van der Waals surface area contributed by atoms with E-state index in [0.717, 1.165) is 37.3 Å². The Morgan fingerprint density at radius 2 is 1.95 bits per heavy atom. The Hall–Kier alpha value is -1.58. The van der Waals surface area contributed by atoms with Crippen molar-refractivity contribution in [2.45, 2.75) is 59.9 Å². The number of nitrogens with one attached hydrogen (secondary N) is 2. The minimum Gasteiger partial charge on any atom is -0.370 e. The zero-order valence-electron chi connectivity index (χ0n) is 14.0. The molecule has 1 atom stereocenters. The zero-order chi connectivity index (χ0) is 15.8. The first-order valence-electron chi connectivity index (χ1n) is 8.01. The molecule has 1 aromatic heterocycles. The Balaban J connectivity index is 2.86. The number of rotatable bonds is 8. The molecule has 1 heterocycles. The Labute approximate surface area is 128 Å². The Bertz CT molecular complexity index is 433. The number of hydrogen-bond donors (Lipinski definition) is 2. The third-order valence-electron chi connectivity index (χ3n) is 3.21. The molecule has 0 fully saturated rings. The maximum atomic E-state index is 12.4. The largest absolute Gasteiger partial charge is 0.370 e. The highest BCUT2D eigenvalue weighted by Crippen LogP contribution is 2.13. The molecule has 0 bridgehead atoms. The van der Waals surface area contributed by atoms with Crippen LogP contribution in [0.1, 0.15) is 63.5 Å². The molecule has 0 radical (unpaired) electrons. The monoisotopic (exact) mass is 291 g/mol. The van der Waals surface area contributed by atoms with E-state index in [1.54, 1.807) is 0 Å². The molecule has 1 unspecified atom stereocenters. The van der Waals surface area contributed by atoms with E-state index in [1.807, 2.05) is 19.1 Å². The number of carbonyl (C=O) groups is 1. The first kappa shape index (κ1) is 17.5. The van der Waals surface area contributed by atoms with Crippen LogP contribution in [0.3, 0.4) is 0 Å². The molecule has 0 saturated heterocycles. The van der Waals surface area contributed by atoms with Crippen molar-refractivity contribution in [3.63, 3.8) is 0 Å². The number of amides is 1. The van der Waals surface area contributed by atoms with E-state index in [0.29, 0.717) is 11.5 Å². The number of pyridine rings is 1. The molecule has 0 spiro atoms. The average Bonchev–Trinajstić information content (AvgIpc) is 2.38. The van der Waals surface area contributed by atoms with Gasteiger partial charge >= 0.3 is 0 Å². The summed E-state index contributed by atoms with van der Waals surface area (Å²) in [6, 6.07) is 3.92. The van der Waals surface area contributed by atoms with E-state index >= 15 is 0 Å². The molecule has 0 aliphatic heterocycles. The number of carbonyl (C=O) groups excluding carboxylic acids is 1. The fourth-order valence-corrected chi connectivity index (χ4v) is 2.45. The predicted molar refractivity (Wildman–Crippen MR) is 88.8 cm³/mol. The van der Waals surface area contributed by atoms with E-state index in [-0.39, 0.29) is 11.9 Å². The SMILES string of the molecule is CCCc1cc(C(=O)NC(C)CC(C)C)cc(NCC)n1. The molecule has 118 valence electrons. The van der Waals surface area contributed by atoms with Crippen LogP contribution >= 0.6 is 0 Å². The Kier molecular flexibility index (Phi) is 7.20. The molecule has 4 heteroatoms. The molecule has 0 aliphatic carbocycles. The van der Waals surface area contributed by atoms with Gasteiger partial charge in [0.25, 0.3) is 5.91 Å². The average molecular weight is 291 g/mol. The molecule has 4 nitrogen and oxygen atoms in total. The van der Waals surface area contributed by atoms with Crippen LogP contribution in [0.2, 0.25) is 0 Å². The first-order chi connectivity index (χ1) is 9.96. The van der Waals surface area contributed by atoms with Crippen LogP contribution in [0.25, 0.3) is 0 Å². The van der Waals surface area contributed by atoms with Crippen LogP contribution in [-0.4, -0.2) is 23.5 Å². The molecule has 1 aromatic rings. The van der Waals surface area contributed by atoms with Gasteiger partial charge in [0, 0.05) is 23.8 Å². The standard InChI is InChI=1S/C17H29N3O/c1-6-8-15-10-14(11-16(20-15)18-7-2)17(21)19-13(5)9-12(3)4/h10-13H,6-9H2,1-5H3,(H,18,20)(H,19,21). The topological polar surface area (TPSA) is 54.0 Å². The van der Waals surface area contributed by atoms with Gasteiger partial charge in [0.05, 0.1) is 0 Å². The van der Waals surface area contributed by atoms with Crippen LogP contribution < -0.4 is 10.6 Å². The lowest BCUT2D eigenvalue weighted by Crippen LogP contribution is -2.33.